The number of nitrogens with zero attached hydrogens (tertiary/aromatic N) is 4. The molecule has 0 N–H and O–H groups in total. The molecule has 0 atom stereocenters. The number of likely N-dealkylation sites (N-methyl/N-ethyl adjacent to an activating group) is 1. The van der Waals surface area contributed by atoms with Crippen molar-refractivity contribution in [3.63, 3.8) is 0 Å². The van der Waals surface area contributed by atoms with Gasteiger partial charge >= 0.3 is 5.82 Å². The second-order valence-corrected chi connectivity index (χ2v) is 4.71. The lowest BCUT2D eigenvalue weighted by molar-refractivity contribution is -0.390. The predicted molar refractivity (Wildman–Crippen MR) is 64.5 cm³/mol. The van der Waals surface area contributed by atoms with Gasteiger partial charge in [0.25, 0.3) is 0 Å². The van der Waals surface area contributed by atoms with E-state index in [4.69, 9.17) is 0 Å². The Morgan fingerprint density at radius 2 is 2.29 bits per heavy atom. The Bertz CT molecular complexity index is 443. The van der Waals surface area contributed by atoms with Gasteiger partial charge in [-0.2, -0.15) is 4.68 Å². The van der Waals surface area contributed by atoms with Crippen molar-refractivity contribution >= 4 is 27.7 Å². The van der Waals surface area contributed by atoms with E-state index < -0.39 is 4.92 Å². The molecule has 0 aromatic carbocycles. The van der Waals surface area contributed by atoms with Gasteiger partial charge in [0.1, 0.15) is 11.0 Å². The standard InChI is InChI=1S/C9H13BrN4O3/c1-6(2)12(3)8(15)5-13-4-7(10)9(11-13)14(16)17/h4,6H,5H2,1-3H3. The van der Waals surface area contributed by atoms with Crippen molar-refractivity contribution < 1.29 is 9.72 Å². The van der Waals surface area contributed by atoms with Gasteiger partial charge in [-0.1, -0.05) is 0 Å². The van der Waals surface area contributed by atoms with Crippen LogP contribution in [-0.2, 0) is 11.3 Å². The van der Waals surface area contributed by atoms with Crippen molar-refractivity contribution in [2.45, 2.75) is 26.4 Å². The van der Waals surface area contributed by atoms with Crippen molar-refractivity contribution in [3.8, 4) is 0 Å². The van der Waals surface area contributed by atoms with Gasteiger partial charge in [-0.05, 0) is 34.7 Å². The minimum Gasteiger partial charge on any atom is -0.358 e. The number of aromatic nitrogens is 2. The SMILES string of the molecule is CC(C)N(C)C(=O)Cn1cc(Br)c([N+](=O)[O-])n1. The summed E-state index contributed by atoms with van der Waals surface area (Å²) in [6, 6.07) is 0.0801. The number of amides is 1. The maximum Gasteiger partial charge on any atom is 0.404 e. The first-order valence-corrected chi connectivity index (χ1v) is 5.75. The van der Waals surface area contributed by atoms with Crippen molar-refractivity contribution in [2.75, 3.05) is 7.05 Å². The molecule has 1 aromatic rings. The summed E-state index contributed by atoms with van der Waals surface area (Å²) in [6.07, 6.45) is 1.42. The molecule has 1 amide bonds. The Kier molecular flexibility index (Phi) is 4.22. The fourth-order valence-corrected chi connectivity index (χ4v) is 1.59. The summed E-state index contributed by atoms with van der Waals surface area (Å²) in [7, 11) is 1.68. The number of halogens is 1. The second kappa shape index (κ2) is 5.26. The fourth-order valence-electron chi connectivity index (χ4n) is 1.13. The molecule has 17 heavy (non-hydrogen) atoms. The maximum atomic E-state index is 11.7. The summed E-state index contributed by atoms with van der Waals surface area (Å²) in [5.74, 6) is -0.435. The van der Waals surface area contributed by atoms with Gasteiger partial charge in [0.2, 0.25) is 5.91 Å². The van der Waals surface area contributed by atoms with E-state index in [-0.39, 0.29) is 28.8 Å². The van der Waals surface area contributed by atoms with E-state index in [2.05, 4.69) is 21.0 Å². The third-order valence-corrected chi connectivity index (χ3v) is 2.90. The largest absolute Gasteiger partial charge is 0.404 e. The Balaban J connectivity index is 2.79. The first kappa shape index (κ1) is 13.6. The molecular weight excluding hydrogens is 292 g/mol. The molecule has 0 aliphatic rings. The molecule has 7 nitrogen and oxygen atoms in total. The van der Waals surface area contributed by atoms with Crippen molar-refractivity contribution in [1.29, 1.82) is 0 Å². The van der Waals surface area contributed by atoms with Gasteiger partial charge in [-0.25, -0.2) is 0 Å². The van der Waals surface area contributed by atoms with Gasteiger partial charge in [-0.3, -0.25) is 4.79 Å². The monoisotopic (exact) mass is 304 g/mol. The maximum absolute atomic E-state index is 11.7. The van der Waals surface area contributed by atoms with Gasteiger partial charge in [-0.15, -0.1) is 0 Å². The van der Waals surface area contributed by atoms with E-state index in [1.807, 2.05) is 13.8 Å². The molecule has 0 unspecified atom stereocenters. The molecule has 1 aromatic heterocycles. The molecule has 1 rings (SSSR count). The van der Waals surface area contributed by atoms with Crippen LogP contribution in [0.3, 0.4) is 0 Å². The second-order valence-electron chi connectivity index (χ2n) is 3.85. The quantitative estimate of drug-likeness (QED) is 0.622. The van der Waals surface area contributed by atoms with Crippen LogP contribution in [-0.4, -0.2) is 38.6 Å². The number of rotatable bonds is 4. The van der Waals surface area contributed by atoms with Gasteiger partial charge in [0, 0.05) is 13.1 Å². The topological polar surface area (TPSA) is 81.3 Å². The Labute approximate surface area is 107 Å². The number of carbonyl (C=O) groups is 1. The Morgan fingerprint density at radius 1 is 1.71 bits per heavy atom. The molecule has 0 radical (unpaired) electrons. The minimum atomic E-state index is -0.600. The molecule has 0 aliphatic carbocycles. The van der Waals surface area contributed by atoms with Crippen LogP contribution in [0.25, 0.3) is 0 Å². The first-order chi connectivity index (χ1) is 7.82. The smallest absolute Gasteiger partial charge is 0.358 e. The molecule has 0 spiro atoms. The highest BCUT2D eigenvalue weighted by molar-refractivity contribution is 9.10. The number of carbonyl (C=O) groups excluding carboxylic acids is 1. The number of nitro groups is 1. The van der Waals surface area contributed by atoms with E-state index >= 15 is 0 Å². The summed E-state index contributed by atoms with van der Waals surface area (Å²) >= 11 is 3.02. The average Bonchev–Trinajstić information content (AvgIpc) is 2.58. The average molecular weight is 305 g/mol. The van der Waals surface area contributed by atoms with E-state index in [0.717, 1.165) is 0 Å². The molecule has 1 heterocycles. The normalized spacial score (nSPS) is 10.6. The van der Waals surface area contributed by atoms with Crippen LogP contribution in [0, 0.1) is 10.1 Å². The fraction of sp³-hybridized carbons (Fsp3) is 0.556. The summed E-state index contributed by atoms with van der Waals surface area (Å²) in [5.41, 5.74) is 0. The van der Waals surface area contributed by atoms with Crippen molar-refractivity contribution in [1.82, 2.24) is 14.7 Å². The minimum absolute atomic E-state index is 0.0128. The van der Waals surface area contributed by atoms with Gasteiger partial charge in [0.15, 0.2) is 0 Å². The third kappa shape index (κ3) is 3.26. The van der Waals surface area contributed by atoms with Crippen LogP contribution in [0.4, 0.5) is 5.82 Å². The summed E-state index contributed by atoms with van der Waals surface area (Å²) in [4.78, 5) is 23.2. The number of hydrogen-bond acceptors (Lipinski definition) is 4. The zero-order valence-corrected chi connectivity index (χ0v) is 11.3. The molecule has 94 valence electrons. The lowest BCUT2D eigenvalue weighted by Crippen LogP contribution is -2.35. The molecule has 0 fully saturated rings. The van der Waals surface area contributed by atoms with Crippen LogP contribution < -0.4 is 0 Å². The van der Waals surface area contributed by atoms with Gasteiger partial charge in [0.05, 0.1) is 11.3 Å². The van der Waals surface area contributed by atoms with Crippen LogP contribution in [0.15, 0.2) is 10.7 Å². The first-order valence-electron chi connectivity index (χ1n) is 4.96. The van der Waals surface area contributed by atoms with Crippen molar-refractivity contribution in [3.05, 3.63) is 20.8 Å². The van der Waals surface area contributed by atoms with Crippen LogP contribution in [0.1, 0.15) is 13.8 Å². The van der Waals surface area contributed by atoms with Gasteiger partial charge < -0.3 is 15.0 Å². The van der Waals surface area contributed by atoms with E-state index in [0.29, 0.717) is 0 Å². The van der Waals surface area contributed by atoms with E-state index in [9.17, 15) is 14.9 Å². The zero-order chi connectivity index (χ0) is 13.2. The zero-order valence-electron chi connectivity index (χ0n) is 9.75. The summed E-state index contributed by atoms with van der Waals surface area (Å²) in [5, 5.41) is 14.3. The molecule has 0 saturated carbocycles. The Hall–Kier alpha value is -1.44. The predicted octanol–water partition coefficient (Wildman–Crippen LogP) is 1.42. The third-order valence-electron chi connectivity index (χ3n) is 2.34. The van der Waals surface area contributed by atoms with E-state index in [1.165, 1.54) is 10.9 Å². The van der Waals surface area contributed by atoms with E-state index in [1.54, 1.807) is 11.9 Å². The van der Waals surface area contributed by atoms with Crippen LogP contribution in [0.2, 0.25) is 0 Å². The van der Waals surface area contributed by atoms with Crippen molar-refractivity contribution in [2.24, 2.45) is 0 Å². The molecule has 0 bridgehead atoms. The highest BCUT2D eigenvalue weighted by Crippen LogP contribution is 2.21. The molecule has 0 saturated heterocycles. The lowest BCUT2D eigenvalue weighted by Gasteiger charge is -2.20. The Morgan fingerprint density at radius 3 is 2.71 bits per heavy atom. The summed E-state index contributed by atoms with van der Waals surface area (Å²) < 4.78 is 1.52. The number of hydrogen-bond donors (Lipinski definition) is 0. The lowest BCUT2D eigenvalue weighted by atomic mass is 10.3. The molecule has 0 aliphatic heterocycles. The van der Waals surface area contributed by atoms with Crippen LogP contribution in [0.5, 0.6) is 0 Å². The molecule has 8 heteroatoms. The summed E-state index contributed by atoms with van der Waals surface area (Å²) in [6.45, 7) is 3.76. The highest BCUT2D eigenvalue weighted by atomic mass is 79.9. The highest BCUT2D eigenvalue weighted by Gasteiger charge is 2.21. The van der Waals surface area contributed by atoms with Crippen LogP contribution >= 0.6 is 15.9 Å². The molecular formula is C9H13BrN4O3.